The number of imidazole rings is 1. The summed E-state index contributed by atoms with van der Waals surface area (Å²) < 4.78 is 26.5. The molecule has 1 aliphatic heterocycles. The fourth-order valence-electron chi connectivity index (χ4n) is 4.04. The molecule has 0 saturated carbocycles. The molecule has 6 heteroatoms. The Hall–Kier alpha value is -3.75. The van der Waals surface area contributed by atoms with Crippen molar-refractivity contribution < 1.29 is 13.9 Å². The van der Waals surface area contributed by atoms with E-state index >= 15 is 0 Å². The summed E-state index contributed by atoms with van der Waals surface area (Å²) in [7, 11) is 0. The molecule has 0 spiro atoms. The van der Waals surface area contributed by atoms with E-state index in [-0.39, 0.29) is 5.56 Å². The lowest BCUT2D eigenvalue weighted by molar-refractivity contribution is 0.101. The van der Waals surface area contributed by atoms with Crippen molar-refractivity contribution in [2.45, 2.75) is 26.4 Å². The van der Waals surface area contributed by atoms with Gasteiger partial charge < -0.3 is 14.5 Å². The van der Waals surface area contributed by atoms with Gasteiger partial charge in [-0.15, -0.1) is 0 Å². The van der Waals surface area contributed by atoms with Gasteiger partial charge in [0.15, 0.2) is 0 Å². The van der Waals surface area contributed by atoms with Gasteiger partial charge in [-0.2, -0.15) is 0 Å². The van der Waals surface area contributed by atoms with Gasteiger partial charge in [-0.1, -0.05) is 41.6 Å². The maximum absolute atomic E-state index is 14.5. The first-order valence-corrected chi connectivity index (χ1v) is 11.4. The SMILES string of the molecule is CCOc1ccccc1C#Cc1ccc2c(c1)OC(C)(C)c1[nH]c(-c3c(F)cccc3Cl)nc1-2. The lowest BCUT2D eigenvalue weighted by Gasteiger charge is -2.31. The molecule has 2 heterocycles. The number of halogens is 2. The summed E-state index contributed by atoms with van der Waals surface area (Å²) in [4.78, 5) is 7.96. The molecular weight excluding hydrogens is 451 g/mol. The van der Waals surface area contributed by atoms with Gasteiger partial charge in [0.2, 0.25) is 0 Å². The molecule has 1 N–H and O–H groups in total. The Labute approximate surface area is 202 Å². The Morgan fingerprint density at radius 1 is 1.09 bits per heavy atom. The Bertz CT molecular complexity index is 1440. The van der Waals surface area contributed by atoms with Crippen LogP contribution in [0.2, 0.25) is 5.02 Å². The van der Waals surface area contributed by atoms with Crippen LogP contribution >= 0.6 is 11.6 Å². The number of nitrogens with one attached hydrogen (secondary N) is 1. The summed E-state index contributed by atoms with van der Waals surface area (Å²) in [6.07, 6.45) is 0. The minimum atomic E-state index is -0.709. The smallest absolute Gasteiger partial charge is 0.145 e. The van der Waals surface area contributed by atoms with E-state index in [1.54, 1.807) is 12.1 Å². The number of ether oxygens (including phenoxy) is 2. The second kappa shape index (κ2) is 8.55. The highest BCUT2D eigenvalue weighted by atomic mass is 35.5. The van der Waals surface area contributed by atoms with Gasteiger partial charge >= 0.3 is 0 Å². The Morgan fingerprint density at radius 2 is 1.91 bits per heavy atom. The number of fused-ring (bicyclic) bond motifs is 3. The summed E-state index contributed by atoms with van der Waals surface area (Å²) >= 11 is 6.28. The summed E-state index contributed by atoms with van der Waals surface area (Å²) in [6, 6.07) is 18.0. The van der Waals surface area contributed by atoms with E-state index in [1.165, 1.54) is 6.07 Å². The number of aromatic nitrogens is 2. The van der Waals surface area contributed by atoms with Gasteiger partial charge in [-0.3, -0.25) is 0 Å². The van der Waals surface area contributed by atoms with Crippen LogP contribution in [-0.2, 0) is 5.60 Å². The van der Waals surface area contributed by atoms with Gasteiger partial charge in [0, 0.05) is 11.1 Å². The van der Waals surface area contributed by atoms with E-state index in [4.69, 9.17) is 26.1 Å². The van der Waals surface area contributed by atoms with Crippen molar-refractivity contribution in [3.63, 3.8) is 0 Å². The highest BCUT2D eigenvalue weighted by Crippen LogP contribution is 2.45. The standard InChI is InChI=1S/C28H22ClFN2O2/c1-4-33-22-11-6-5-8-18(22)14-12-17-13-15-19-23(16-17)34-28(2,3)26-25(19)31-27(32-26)24-20(29)9-7-10-21(24)30/h5-11,13,15-16H,4H2,1-3H3,(H,31,32). The molecule has 4 nitrogen and oxygen atoms in total. The largest absolute Gasteiger partial charge is 0.493 e. The zero-order valence-corrected chi connectivity index (χ0v) is 19.8. The number of nitrogens with zero attached hydrogens (tertiary/aromatic N) is 1. The number of benzene rings is 3. The average molecular weight is 473 g/mol. The van der Waals surface area contributed by atoms with E-state index in [2.05, 4.69) is 16.8 Å². The van der Waals surface area contributed by atoms with Gasteiger partial charge in [0.25, 0.3) is 0 Å². The predicted molar refractivity (Wildman–Crippen MR) is 132 cm³/mol. The van der Waals surface area contributed by atoms with E-state index in [0.717, 1.165) is 28.1 Å². The summed E-state index contributed by atoms with van der Waals surface area (Å²) in [5, 5.41) is 0.294. The second-order valence-corrected chi connectivity index (χ2v) is 8.82. The first kappa shape index (κ1) is 22.1. The van der Waals surface area contributed by atoms with Crippen LogP contribution in [-0.4, -0.2) is 16.6 Å². The van der Waals surface area contributed by atoms with Crippen LogP contribution in [0.1, 0.15) is 37.6 Å². The summed E-state index contributed by atoms with van der Waals surface area (Å²) in [6.45, 7) is 6.40. The third-order valence-electron chi connectivity index (χ3n) is 5.64. The highest BCUT2D eigenvalue weighted by molar-refractivity contribution is 6.33. The first-order chi connectivity index (χ1) is 16.4. The number of hydrogen-bond donors (Lipinski definition) is 1. The fraction of sp³-hybridized carbons (Fsp3) is 0.179. The predicted octanol–water partition coefficient (Wildman–Crippen LogP) is 6.96. The van der Waals surface area contributed by atoms with E-state index in [1.807, 2.05) is 63.2 Å². The second-order valence-electron chi connectivity index (χ2n) is 8.41. The van der Waals surface area contributed by atoms with Crippen molar-refractivity contribution in [1.29, 1.82) is 0 Å². The van der Waals surface area contributed by atoms with E-state index in [9.17, 15) is 4.39 Å². The maximum atomic E-state index is 14.5. The lowest BCUT2D eigenvalue weighted by Crippen LogP contribution is -2.29. The van der Waals surface area contributed by atoms with Crippen LogP contribution in [0.4, 0.5) is 4.39 Å². The lowest BCUT2D eigenvalue weighted by atomic mass is 9.94. The number of hydrogen-bond acceptors (Lipinski definition) is 3. The zero-order valence-electron chi connectivity index (χ0n) is 19.0. The Kier molecular flexibility index (Phi) is 5.55. The van der Waals surface area contributed by atoms with Crippen molar-refractivity contribution >= 4 is 11.6 Å². The molecule has 34 heavy (non-hydrogen) atoms. The highest BCUT2D eigenvalue weighted by Gasteiger charge is 2.36. The topological polar surface area (TPSA) is 47.1 Å². The van der Waals surface area contributed by atoms with Crippen LogP contribution < -0.4 is 9.47 Å². The minimum Gasteiger partial charge on any atom is -0.493 e. The van der Waals surface area contributed by atoms with Crippen molar-refractivity contribution in [3.05, 3.63) is 88.3 Å². The first-order valence-electron chi connectivity index (χ1n) is 11.0. The monoisotopic (exact) mass is 472 g/mol. The van der Waals surface area contributed by atoms with Crippen molar-refractivity contribution in [1.82, 2.24) is 9.97 Å². The molecule has 1 aromatic heterocycles. The molecule has 0 aliphatic carbocycles. The summed E-state index contributed by atoms with van der Waals surface area (Å²) in [5.41, 5.74) is 3.44. The normalized spacial score (nSPS) is 13.2. The molecule has 0 radical (unpaired) electrons. The van der Waals surface area contributed by atoms with Gasteiger partial charge in [-0.25, -0.2) is 9.37 Å². The molecule has 0 saturated heterocycles. The molecule has 170 valence electrons. The average Bonchev–Trinajstić information content (AvgIpc) is 3.24. The molecule has 3 aromatic carbocycles. The number of para-hydroxylation sites is 1. The van der Waals surface area contributed by atoms with Crippen molar-refractivity contribution in [2.24, 2.45) is 0 Å². The van der Waals surface area contributed by atoms with E-state index < -0.39 is 11.4 Å². The van der Waals surface area contributed by atoms with Gasteiger partial charge in [-0.05, 0) is 63.2 Å². The zero-order chi connectivity index (χ0) is 23.9. The maximum Gasteiger partial charge on any atom is 0.145 e. The molecule has 0 atom stereocenters. The van der Waals surface area contributed by atoms with Gasteiger partial charge in [0.05, 0.1) is 34.1 Å². The molecule has 4 aromatic rings. The molecule has 1 aliphatic rings. The van der Waals surface area contributed by atoms with Crippen LogP contribution in [0.3, 0.4) is 0 Å². The quantitative estimate of drug-likeness (QED) is 0.328. The van der Waals surface area contributed by atoms with Crippen LogP contribution in [0.25, 0.3) is 22.6 Å². The Balaban J connectivity index is 1.56. The number of aromatic amines is 1. The molecule has 0 amide bonds. The third kappa shape index (κ3) is 3.91. The molecule has 5 rings (SSSR count). The third-order valence-corrected chi connectivity index (χ3v) is 5.95. The van der Waals surface area contributed by atoms with Crippen LogP contribution in [0.5, 0.6) is 11.5 Å². The van der Waals surface area contributed by atoms with Crippen molar-refractivity contribution in [3.8, 4) is 46.0 Å². The number of H-pyrrole nitrogens is 1. The molecule has 0 fully saturated rings. The van der Waals surface area contributed by atoms with Crippen LogP contribution in [0, 0.1) is 17.7 Å². The van der Waals surface area contributed by atoms with Crippen LogP contribution in [0.15, 0.2) is 60.7 Å². The Morgan fingerprint density at radius 3 is 2.71 bits per heavy atom. The molecule has 0 bridgehead atoms. The van der Waals surface area contributed by atoms with Gasteiger partial charge in [0.1, 0.15) is 28.7 Å². The van der Waals surface area contributed by atoms with Crippen molar-refractivity contribution in [2.75, 3.05) is 6.61 Å². The summed E-state index contributed by atoms with van der Waals surface area (Å²) in [5.74, 6) is 7.75. The van der Waals surface area contributed by atoms with E-state index in [0.29, 0.717) is 28.9 Å². The molecule has 0 unspecified atom stereocenters. The number of rotatable bonds is 3. The minimum absolute atomic E-state index is 0.242. The fourth-order valence-corrected chi connectivity index (χ4v) is 4.30. The molecular formula is C28H22ClFN2O2.